The van der Waals surface area contributed by atoms with Crippen LogP contribution in [0.3, 0.4) is 0 Å². The summed E-state index contributed by atoms with van der Waals surface area (Å²) in [7, 11) is 0. The molecule has 0 aliphatic carbocycles. The number of fused-ring (bicyclic) bond motifs is 1. The molecule has 8 nitrogen and oxygen atoms in total. The maximum atomic E-state index is 12.4. The van der Waals surface area contributed by atoms with Gasteiger partial charge in [-0.25, -0.2) is 9.78 Å². The fourth-order valence-corrected chi connectivity index (χ4v) is 3.70. The van der Waals surface area contributed by atoms with Crippen molar-refractivity contribution in [2.24, 2.45) is 5.73 Å². The third kappa shape index (κ3) is 5.22. The molecule has 166 valence electrons. The minimum atomic E-state index is -0.746. The number of amides is 1. The molecule has 1 amide bonds. The van der Waals surface area contributed by atoms with E-state index < -0.39 is 17.2 Å². The van der Waals surface area contributed by atoms with E-state index in [-0.39, 0.29) is 18.6 Å². The topological polar surface area (TPSA) is 107 Å². The van der Waals surface area contributed by atoms with Crippen LogP contribution in [0.2, 0.25) is 0 Å². The highest BCUT2D eigenvalue weighted by Gasteiger charge is 2.52. The van der Waals surface area contributed by atoms with Gasteiger partial charge in [-0.3, -0.25) is 9.69 Å². The molecule has 30 heavy (non-hydrogen) atoms. The molecule has 0 radical (unpaired) electrons. The van der Waals surface area contributed by atoms with Crippen LogP contribution >= 0.6 is 0 Å². The molecule has 0 spiro atoms. The van der Waals surface area contributed by atoms with Crippen molar-refractivity contribution in [3.8, 4) is 0 Å². The van der Waals surface area contributed by atoms with E-state index >= 15 is 0 Å². The molecule has 8 heteroatoms. The number of carbonyl (C=O) groups excluding carboxylic acids is 2. The van der Waals surface area contributed by atoms with Gasteiger partial charge in [0.05, 0.1) is 5.54 Å². The summed E-state index contributed by atoms with van der Waals surface area (Å²) in [6, 6.07) is 3.89. The van der Waals surface area contributed by atoms with E-state index in [4.69, 9.17) is 15.2 Å². The second-order valence-corrected chi connectivity index (χ2v) is 9.41. The van der Waals surface area contributed by atoms with Crippen molar-refractivity contribution in [3.05, 3.63) is 23.4 Å². The first-order valence-corrected chi connectivity index (χ1v) is 10.7. The predicted octanol–water partition coefficient (Wildman–Crippen LogP) is 2.64. The van der Waals surface area contributed by atoms with Gasteiger partial charge in [0.15, 0.2) is 0 Å². The fourth-order valence-electron chi connectivity index (χ4n) is 3.70. The van der Waals surface area contributed by atoms with Gasteiger partial charge in [0.1, 0.15) is 18.0 Å². The van der Waals surface area contributed by atoms with Crippen LogP contribution in [-0.4, -0.2) is 58.8 Å². The molecule has 3 rings (SSSR count). The van der Waals surface area contributed by atoms with Gasteiger partial charge >= 0.3 is 12.1 Å². The average molecular weight is 419 g/mol. The van der Waals surface area contributed by atoms with Crippen LogP contribution in [-0.2, 0) is 27.1 Å². The van der Waals surface area contributed by atoms with Crippen molar-refractivity contribution in [1.82, 2.24) is 9.88 Å². The smallest absolute Gasteiger partial charge is 0.410 e. The first kappa shape index (κ1) is 22.3. The molecule has 0 bridgehead atoms. The number of carbonyl (C=O) groups is 2. The molecule has 2 aliphatic rings. The van der Waals surface area contributed by atoms with Crippen molar-refractivity contribution in [3.63, 3.8) is 0 Å². The Hall–Kier alpha value is -2.35. The molecular formula is C22H34N4O4. The summed E-state index contributed by atoms with van der Waals surface area (Å²) in [5.41, 5.74) is 7.00. The maximum Gasteiger partial charge on any atom is 0.410 e. The number of pyridine rings is 1. The maximum absolute atomic E-state index is 12.4. The van der Waals surface area contributed by atoms with Gasteiger partial charge in [-0.2, -0.15) is 0 Å². The van der Waals surface area contributed by atoms with Crippen LogP contribution in [0.25, 0.3) is 0 Å². The van der Waals surface area contributed by atoms with Crippen LogP contribution in [0.1, 0.15) is 58.2 Å². The first-order valence-electron chi connectivity index (χ1n) is 10.7. The van der Waals surface area contributed by atoms with Crippen molar-refractivity contribution >= 4 is 17.9 Å². The van der Waals surface area contributed by atoms with Gasteiger partial charge < -0.3 is 20.5 Å². The number of rotatable bonds is 6. The lowest BCUT2D eigenvalue weighted by Crippen LogP contribution is -2.76. The molecule has 1 unspecified atom stereocenters. The molecule has 0 aromatic carbocycles. The van der Waals surface area contributed by atoms with Gasteiger partial charge in [0.2, 0.25) is 0 Å². The second kappa shape index (κ2) is 8.79. The highest BCUT2D eigenvalue weighted by Crippen LogP contribution is 2.31. The Kier molecular flexibility index (Phi) is 6.55. The lowest BCUT2D eigenvalue weighted by Gasteiger charge is -2.54. The quantitative estimate of drug-likeness (QED) is 0.684. The van der Waals surface area contributed by atoms with E-state index in [2.05, 4.69) is 16.4 Å². The van der Waals surface area contributed by atoms with Crippen LogP contribution in [0.4, 0.5) is 10.6 Å². The summed E-state index contributed by atoms with van der Waals surface area (Å²) in [6.07, 6.45) is 3.42. The van der Waals surface area contributed by atoms with E-state index in [0.29, 0.717) is 25.8 Å². The third-order valence-electron chi connectivity index (χ3n) is 5.70. The summed E-state index contributed by atoms with van der Waals surface area (Å²) in [5, 5.41) is 3.33. The normalized spacial score (nSPS) is 23.1. The van der Waals surface area contributed by atoms with Crippen LogP contribution in [0.5, 0.6) is 0 Å². The van der Waals surface area contributed by atoms with Crippen molar-refractivity contribution in [2.45, 2.75) is 77.0 Å². The van der Waals surface area contributed by atoms with E-state index in [1.54, 1.807) is 4.90 Å². The molecule has 3 heterocycles. The Balaban J connectivity index is 1.44. The van der Waals surface area contributed by atoms with Crippen LogP contribution < -0.4 is 11.1 Å². The summed E-state index contributed by atoms with van der Waals surface area (Å²) < 4.78 is 10.9. The third-order valence-corrected chi connectivity index (χ3v) is 5.70. The molecule has 1 aromatic rings. The van der Waals surface area contributed by atoms with Gasteiger partial charge in [0.25, 0.3) is 0 Å². The lowest BCUT2D eigenvalue weighted by molar-refractivity contribution is -0.153. The number of aryl methyl sites for hydroxylation is 2. The fraction of sp³-hybridized carbons (Fsp3) is 0.682. The average Bonchev–Trinajstić information content (AvgIpc) is 2.68. The van der Waals surface area contributed by atoms with Crippen LogP contribution in [0, 0.1) is 0 Å². The minimum absolute atomic E-state index is 0.0628. The van der Waals surface area contributed by atoms with E-state index in [1.165, 1.54) is 5.56 Å². The van der Waals surface area contributed by atoms with Gasteiger partial charge in [-0.05, 0) is 65.0 Å². The van der Waals surface area contributed by atoms with Crippen molar-refractivity contribution < 1.29 is 19.1 Å². The van der Waals surface area contributed by atoms with Gasteiger partial charge in [-0.15, -0.1) is 0 Å². The largest absolute Gasteiger partial charge is 0.463 e. The number of aromatic nitrogens is 1. The summed E-state index contributed by atoms with van der Waals surface area (Å²) >= 11 is 0. The molecule has 2 atom stereocenters. The number of nitrogens with one attached hydrogen (secondary N) is 1. The lowest BCUT2D eigenvalue weighted by atomic mass is 9.83. The zero-order valence-electron chi connectivity index (χ0n) is 18.5. The number of esters is 1. The first-order chi connectivity index (χ1) is 14.1. The number of hydrogen-bond acceptors (Lipinski definition) is 7. The summed E-state index contributed by atoms with van der Waals surface area (Å²) in [6.45, 7) is 8.67. The Bertz CT molecular complexity index is 792. The van der Waals surface area contributed by atoms with Gasteiger partial charge in [0, 0.05) is 31.2 Å². The Morgan fingerprint density at radius 1 is 1.37 bits per heavy atom. The van der Waals surface area contributed by atoms with Gasteiger partial charge in [-0.1, -0.05) is 6.07 Å². The highest BCUT2D eigenvalue weighted by atomic mass is 16.6. The van der Waals surface area contributed by atoms with E-state index in [1.807, 2.05) is 33.8 Å². The van der Waals surface area contributed by atoms with E-state index in [9.17, 15) is 9.59 Å². The van der Waals surface area contributed by atoms with Crippen molar-refractivity contribution in [2.75, 3.05) is 25.0 Å². The highest BCUT2D eigenvalue weighted by molar-refractivity contribution is 5.72. The zero-order valence-corrected chi connectivity index (χ0v) is 18.5. The molecule has 1 saturated heterocycles. The molecule has 3 N–H and O–H groups in total. The van der Waals surface area contributed by atoms with Crippen LogP contribution in [0.15, 0.2) is 12.1 Å². The second-order valence-electron chi connectivity index (χ2n) is 9.41. The standard InChI is InChI=1S/C22H34N4O4/c1-21(2,3)30-20(28)26-13-17(23)22(26,4)14-29-18(27)9-5-8-16-11-10-15-7-6-12-24-19(15)25-16/h10-11,17H,5-9,12-14,23H2,1-4H3,(H,24,25)/t17?,22-/m1/s1. The predicted molar refractivity (Wildman–Crippen MR) is 114 cm³/mol. The SMILES string of the molecule is CC(C)(C)OC(=O)N1CC(N)[C@@]1(C)COC(=O)CCCc1ccc2c(n1)NCCC2. The number of nitrogens with two attached hydrogens (primary N) is 1. The zero-order chi connectivity index (χ0) is 21.9. The molecule has 0 saturated carbocycles. The Morgan fingerprint density at radius 3 is 2.83 bits per heavy atom. The molecular weight excluding hydrogens is 384 g/mol. The summed E-state index contributed by atoms with van der Waals surface area (Å²) in [4.78, 5) is 30.8. The molecule has 2 aliphatic heterocycles. The number of nitrogens with zero attached hydrogens (tertiary/aromatic N) is 2. The monoisotopic (exact) mass is 418 g/mol. The Labute approximate surface area is 178 Å². The minimum Gasteiger partial charge on any atom is -0.463 e. The number of hydrogen-bond donors (Lipinski definition) is 2. The number of anilines is 1. The number of ether oxygens (including phenoxy) is 2. The number of likely N-dealkylation sites (tertiary alicyclic amines) is 1. The van der Waals surface area contributed by atoms with Crippen molar-refractivity contribution in [1.29, 1.82) is 0 Å². The molecule has 1 aromatic heterocycles. The molecule has 1 fully saturated rings. The van der Waals surface area contributed by atoms with E-state index in [0.717, 1.165) is 30.9 Å². The summed E-state index contributed by atoms with van der Waals surface area (Å²) in [5.74, 6) is 0.672. The Morgan fingerprint density at radius 2 is 2.13 bits per heavy atom.